The van der Waals surface area contributed by atoms with Crippen molar-refractivity contribution in [1.82, 2.24) is 4.98 Å². The Morgan fingerprint density at radius 3 is 2.75 bits per heavy atom. The highest BCUT2D eigenvalue weighted by Gasteiger charge is 2.51. The molecule has 1 aliphatic heterocycles. The number of carbonyl (C=O) groups is 1. The van der Waals surface area contributed by atoms with E-state index in [2.05, 4.69) is 18.1 Å². The number of benzene rings is 1. The lowest BCUT2D eigenvalue weighted by atomic mass is 9.75. The van der Waals surface area contributed by atoms with Gasteiger partial charge in [-0.25, -0.2) is 9.78 Å². The van der Waals surface area contributed by atoms with Crippen molar-refractivity contribution in [3.63, 3.8) is 0 Å². The number of thiazole rings is 1. The van der Waals surface area contributed by atoms with E-state index in [0.717, 1.165) is 79.3 Å². The molecule has 7 nitrogen and oxygen atoms in total. The number of furan rings is 1. The Morgan fingerprint density at radius 1 is 1.19 bits per heavy atom. The van der Waals surface area contributed by atoms with E-state index in [1.807, 2.05) is 18.2 Å². The number of likely N-dealkylation sites (N-methyl/N-ethyl adjacent to an activating group) is 1. The molecular formula is C27H35ClN2O5S. The van der Waals surface area contributed by atoms with Crippen molar-refractivity contribution in [2.24, 2.45) is 5.92 Å². The second-order valence-corrected chi connectivity index (χ2v) is 11.3. The molecule has 2 aliphatic rings. The minimum Gasteiger partial charge on any atom is -1.00 e. The summed E-state index contributed by atoms with van der Waals surface area (Å²) in [6, 6.07) is 11.5. The van der Waals surface area contributed by atoms with Crippen LogP contribution in [0.15, 0.2) is 47.1 Å². The van der Waals surface area contributed by atoms with Crippen LogP contribution in [0.1, 0.15) is 50.7 Å². The van der Waals surface area contributed by atoms with Gasteiger partial charge in [0, 0.05) is 18.8 Å². The zero-order chi connectivity index (χ0) is 24.3. The fourth-order valence-corrected chi connectivity index (χ4v) is 6.51. The molecular weight excluding hydrogens is 500 g/mol. The molecule has 3 atom stereocenters. The maximum Gasteiger partial charge on any atom is 0.346 e. The van der Waals surface area contributed by atoms with Crippen molar-refractivity contribution in [3.8, 4) is 5.19 Å². The van der Waals surface area contributed by atoms with E-state index in [9.17, 15) is 9.90 Å². The van der Waals surface area contributed by atoms with E-state index < -0.39 is 11.6 Å². The zero-order valence-corrected chi connectivity index (χ0v) is 22.3. The van der Waals surface area contributed by atoms with Gasteiger partial charge >= 0.3 is 5.97 Å². The Bertz CT molecular complexity index is 1100. The third kappa shape index (κ3) is 5.72. The van der Waals surface area contributed by atoms with E-state index in [-0.39, 0.29) is 24.4 Å². The summed E-state index contributed by atoms with van der Waals surface area (Å²) in [5.74, 6) is -0.426. The molecule has 1 saturated heterocycles. The van der Waals surface area contributed by atoms with Crippen LogP contribution in [0.3, 0.4) is 0 Å². The highest BCUT2D eigenvalue weighted by Crippen LogP contribution is 2.41. The fraction of sp³-hybridized carbons (Fsp3) is 0.556. The van der Waals surface area contributed by atoms with Crippen molar-refractivity contribution in [1.29, 1.82) is 0 Å². The summed E-state index contributed by atoms with van der Waals surface area (Å²) in [7, 11) is 2.20. The van der Waals surface area contributed by atoms with Crippen molar-refractivity contribution in [2.75, 3.05) is 33.3 Å². The van der Waals surface area contributed by atoms with Gasteiger partial charge in [-0.1, -0.05) is 42.7 Å². The lowest BCUT2D eigenvalue weighted by molar-refractivity contribution is -0.899. The molecule has 9 heteroatoms. The Balaban J connectivity index is 0.00000304. The molecule has 0 bridgehead atoms. The van der Waals surface area contributed by atoms with Crippen LogP contribution < -0.4 is 17.1 Å². The first-order chi connectivity index (χ1) is 17.0. The van der Waals surface area contributed by atoms with Gasteiger partial charge in [0.2, 0.25) is 5.60 Å². The van der Waals surface area contributed by atoms with Crippen LogP contribution in [0.4, 0.5) is 0 Å². The SMILES string of the molecule is C[N+]1(CCCOc2nc3ccccc3s2)CC[C@@H](OC(=O)C(O)(c2ccco2)C2CCCCC2)C1.[Cl-]. The molecule has 2 aromatic heterocycles. The van der Waals surface area contributed by atoms with Crippen molar-refractivity contribution in [3.05, 3.63) is 48.4 Å². The summed E-state index contributed by atoms with van der Waals surface area (Å²) < 4.78 is 19.3. The summed E-state index contributed by atoms with van der Waals surface area (Å²) in [5.41, 5.74) is -0.737. The van der Waals surface area contributed by atoms with Crippen molar-refractivity contribution in [2.45, 2.75) is 56.7 Å². The Kier molecular flexibility index (Phi) is 8.60. The van der Waals surface area contributed by atoms with Crippen molar-refractivity contribution < 1.29 is 40.7 Å². The van der Waals surface area contributed by atoms with Gasteiger partial charge in [-0.05, 0) is 37.1 Å². The summed E-state index contributed by atoms with van der Waals surface area (Å²) >= 11 is 1.57. The molecule has 1 aromatic carbocycles. The Labute approximate surface area is 222 Å². The minimum absolute atomic E-state index is 0. The predicted molar refractivity (Wildman–Crippen MR) is 134 cm³/mol. The van der Waals surface area contributed by atoms with Gasteiger partial charge in [-0.2, -0.15) is 0 Å². The highest BCUT2D eigenvalue weighted by molar-refractivity contribution is 7.20. The van der Waals surface area contributed by atoms with E-state index in [1.54, 1.807) is 23.5 Å². The van der Waals surface area contributed by atoms with Gasteiger partial charge < -0.3 is 35.9 Å². The maximum atomic E-state index is 13.4. The highest BCUT2D eigenvalue weighted by atomic mass is 35.5. The summed E-state index contributed by atoms with van der Waals surface area (Å²) in [5, 5.41) is 12.3. The number of quaternary nitrogens is 1. The largest absolute Gasteiger partial charge is 1.00 e. The average molecular weight is 535 g/mol. The number of aliphatic hydroxyl groups is 1. The monoisotopic (exact) mass is 534 g/mol. The van der Waals surface area contributed by atoms with Gasteiger partial charge in [0.05, 0.1) is 43.2 Å². The molecule has 3 aromatic rings. The molecule has 1 saturated carbocycles. The number of halogens is 1. The Morgan fingerprint density at radius 2 is 2.00 bits per heavy atom. The number of nitrogens with zero attached hydrogens (tertiary/aromatic N) is 2. The third-order valence-electron chi connectivity index (χ3n) is 7.66. The smallest absolute Gasteiger partial charge is 0.346 e. The molecule has 2 unspecified atom stereocenters. The minimum atomic E-state index is -1.71. The normalized spacial score (nSPS) is 24.2. The number of fused-ring (bicyclic) bond motifs is 1. The molecule has 3 heterocycles. The molecule has 1 aliphatic carbocycles. The molecule has 1 N–H and O–H groups in total. The number of likely N-dealkylation sites (tertiary alicyclic amines) is 1. The summed E-state index contributed by atoms with van der Waals surface area (Å²) in [6.45, 7) is 3.22. The summed E-state index contributed by atoms with van der Waals surface area (Å²) in [6.07, 6.45) is 7.76. The van der Waals surface area contributed by atoms with E-state index >= 15 is 0 Å². The second kappa shape index (κ2) is 11.5. The van der Waals surface area contributed by atoms with Gasteiger partial charge in [-0.15, -0.1) is 0 Å². The van der Waals surface area contributed by atoms with Crippen LogP contribution in [0.5, 0.6) is 5.19 Å². The maximum absolute atomic E-state index is 13.4. The zero-order valence-electron chi connectivity index (χ0n) is 20.7. The molecule has 196 valence electrons. The number of esters is 1. The van der Waals surface area contributed by atoms with Gasteiger partial charge in [-0.3, -0.25) is 0 Å². The number of aromatic nitrogens is 1. The van der Waals surface area contributed by atoms with Crippen LogP contribution >= 0.6 is 11.3 Å². The first kappa shape index (κ1) is 26.9. The molecule has 0 spiro atoms. The first-order valence-electron chi connectivity index (χ1n) is 12.8. The lowest BCUT2D eigenvalue weighted by Crippen LogP contribution is -3.00. The predicted octanol–water partition coefficient (Wildman–Crippen LogP) is 1.89. The van der Waals surface area contributed by atoms with Gasteiger partial charge in [0.25, 0.3) is 5.19 Å². The van der Waals surface area contributed by atoms with E-state index in [4.69, 9.17) is 13.9 Å². The van der Waals surface area contributed by atoms with Crippen LogP contribution in [-0.4, -0.2) is 59.9 Å². The van der Waals surface area contributed by atoms with Gasteiger partial charge in [0.15, 0.2) is 6.10 Å². The van der Waals surface area contributed by atoms with E-state index in [0.29, 0.717) is 17.6 Å². The molecule has 36 heavy (non-hydrogen) atoms. The molecule has 5 rings (SSSR count). The number of hydrogen-bond donors (Lipinski definition) is 1. The Hall–Kier alpha value is -2.13. The number of rotatable bonds is 9. The molecule has 0 radical (unpaired) electrons. The topological polar surface area (TPSA) is 81.8 Å². The first-order valence-corrected chi connectivity index (χ1v) is 13.6. The van der Waals surface area contributed by atoms with Crippen LogP contribution in [-0.2, 0) is 15.1 Å². The fourth-order valence-electron chi connectivity index (χ4n) is 5.67. The standard InChI is InChI=1S/C27H35N2O5S.ClH/c1-29(15-8-18-33-26-28-22-11-5-6-12-23(22)35-26)16-14-21(19-29)34-25(30)27(31,24-13-7-17-32-24)20-9-3-2-4-10-20;/h5-7,11-13,17,20-21,31H,2-4,8-10,14-16,18-19H2,1H3;1H/q+1;/p-1/t21-,27?,29?;/m1./s1. The van der Waals surface area contributed by atoms with Crippen molar-refractivity contribution >= 4 is 27.5 Å². The molecule has 0 amide bonds. The number of ether oxygens (including phenoxy) is 2. The van der Waals surface area contributed by atoms with Crippen LogP contribution in [0.2, 0.25) is 0 Å². The number of hydrogen-bond acceptors (Lipinski definition) is 7. The quantitative estimate of drug-likeness (QED) is 0.256. The number of carbonyl (C=O) groups excluding carboxylic acids is 1. The second-order valence-electron chi connectivity index (χ2n) is 10.3. The van der Waals surface area contributed by atoms with Gasteiger partial charge in [0.1, 0.15) is 12.3 Å². The number of para-hydroxylation sites is 1. The summed E-state index contributed by atoms with van der Waals surface area (Å²) in [4.78, 5) is 17.9. The van der Waals surface area contributed by atoms with Crippen LogP contribution in [0.25, 0.3) is 10.2 Å². The van der Waals surface area contributed by atoms with E-state index in [1.165, 1.54) is 6.26 Å². The third-order valence-corrected chi connectivity index (χ3v) is 8.60. The average Bonchev–Trinajstić information content (AvgIpc) is 3.62. The molecule has 2 fully saturated rings. The van der Waals surface area contributed by atoms with Crippen LogP contribution in [0, 0.1) is 5.92 Å². The lowest BCUT2D eigenvalue weighted by Gasteiger charge is -2.35.